The molecule has 0 fully saturated rings. The highest BCUT2D eigenvalue weighted by molar-refractivity contribution is 5.42. The zero-order valence-electron chi connectivity index (χ0n) is 7.50. The molecule has 66 valence electrons. The van der Waals surface area contributed by atoms with Crippen molar-refractivity contribution in [2.75, 3.05) is 19.0 Å². The Kier molecular flexibility index (Phi) is 3.54. The molecule has 0 saturated heterocycles. The van der Waals surface area contributed by atoms with Crippen LogP contribution in [-0.4, -0.2) is 18.6 Å². The topological polar surface area (TPSA) is 34.2 Å². The first kappa shape index (κ1) is 9.00. The molecule has 0 aliphatic heterocycles. The van der Waals surface area contributed by atoms with Crippen LogP contribution in [0.15, 0.2) is 18.3 Å². The summed E-state index contributed by atoms with van der Waals surface area (Å²) in [4.78, 5) is 4.20. The van der Waals surface area contributed by atoms with Crippen molar-refractivity contribution in [2.45, 2.75) is 13.5 Å². The predicted molar refractivity (Wildman–Crippen MR) is 49.1 cm³/mol. The summed E-state index contributed by atoms with van der Waals surface area (Å²) < 4.78 is 5.03. The van der Waals surface area contributed by atoms with Gasteiger partial charge in [-0.25, -0.2) is 4.98 Å². The summed E-state index contributed by atoms with van der Waals surface area (Å²) in [5.74, 6) is 0.918. The van der Waals surface area contributed by atoms with Gasteiger partial charge in [-0.3, -0.25) is 0 Å². The molecular weight excluding hydrogens is 152 g/mol. The molecule has 1 aromatic rings. The molecule has 0 radical (unpaired) electrons. The highest BCUT2D eigenvalue weighted by Crippen LogP contribution is 2.11. The molecule has 0 aliphatic carbocycles. The van der Waals surface area contributed by atoms with Gasteiger partial charge in [0.25, 0.3) is 0 Å². The number of hydrogen-bond donors (Lipinski definition) is 1. The smallest absolute Gasteiger partial charge is 0.131 e. The summed E-state index contributed by atoms with van der Waals surface area (Å²) in [5, 5.41) is 3.17. The number of hydrogen-bond acceptors (Lipinski definition) is 3. The summed E-state index contributed by atoms with van der Waals surface area (Å²) in [5.41, 5.74) is 1.10. The Morgan fingerprint density at radius 2 is 2.42 bits per heavy atom. The monoisotopic (exact) mass is 166 g/mol. The number of anilines is 1. The van der Waals surface area contributed by atoms with E-state index in [0.717, 1.165) is 17.9 Å². The third-order valence-electron chi connectivity index (χ3n) is 1.54. The maximum absolute atomic E-state index is 5.03. The molecule has 0 amide bonds. The van der Waals surface area contributed by atoms with E-state index in [2.05, 4.69) is 10.3 Å². The van der Waals surface area contributed by atoms with Crippen LogP contribution in [0.2, 0.25) is 0 Å². The fourth-order valence-corrected chi connectivity index (χ4v) is 1.04. The van der Waals surface area contributed by atoms with Gasteiger partial charge in [-0.15, -0.1) is 0 Å². The fraction of sp³-hybridized carbons (Fsp3) is 0.444. The van der Waals surface area contributed by atoms with Gasteiger partial charge in [-0.1, -0.05) is 6.07 Å². The summed E-state index contributed by atoms with van der Waals surface area (Å²) in [6.07, 6.45) is 1.77. The molecule has 12 heavy (non-hydrogen) atoms. The molecule has 1 rings (SSSR count). The van der Waals surface area contributed by atoms with Crippen LogP contribution in [0, 0.1) is 0 Å². The van der Waals surface area contributed by atoms with Gasteiger partial charge in [-0.2, -0.15) is 0 Å². The van der Waals surface area contributed by atoms with Crippen LogP contribution in [0.25, 0.3) is 0 Å². The normalized spacial score (nSPS) is 9.83. The Balaban J connectivity index is 2.77. The van der Waals surface area contributed by atoms with Gasteiger partial charge in [0.1, 0.15) is 5.82 Å². The summed E-state index contributed by atoms with van der Waals surface area (Å²) in [6, 6.07) is 3.92. The molecule has 3 heteroatoms. The van der Waals surface area contributed by atoms with E-state index in [9.17, 15) is 0 Å². The van der Waals surface area contributed by atoms with Crippen LogP contribution in [0.5, 0.6) is 0 Å². The Bertz CT molecular complexity index is 213. The number of ether oxygens (including phenoxy) is 1. The van der Waals surface area contributed by atoms with E-state index < -0.39 is 0 Å². The van der Waals surface area contributed by atoms with Crippen molar-refractivity contribution in [3.63, 3.8) is 0 Å². The highest BCUT2D eigenvalue weighted by Gasteiger charge is 1.99. The van der Waals surface area contributed by atoms with Crippen LogP contribution in [-0.2, 0) is 11.3 Å². The maximum Gasteiger partial charge on any atom is 0.131 e. The third-order valence-corrected chi connectivity index (χ3v) is 1.54. The lowest BCUT2D eigenvalue weighted by molar-refractivity contribution is 0.185. The standard InChI is InChI=1S/C9H14N2O/c1-3-10-9-8(7-12-2)5-4-6-11-9/h4-6H,3,7H2,1-2H3,(H,10,11). The lowest BCUT2D eigenvalue weighted by Crippen LogP contribution is -2.03. The molecule has 1 N–H and O–H groups in total. The molecule has 0 bridgehead atoms. The van der Waals surface area contributed by atoms with Gasteiger partial charge in [-0.05, 0) is 13.0 Å². The molecule has 0 saturated carbocycles. The zero-order chi connectivity index (χ0) is 8.81. The van der Waals surface area contributed by atoms with Crippen LogP contribution >= 0.6 is 0 Å². The van der Waals surface area contributed by atoms with Crippen LogP contribution < -0.4 is 5.32 Å². The minimum Gasteiger partial charge on any atom is -0.380 e. The molecule has 0 atom stereocenters. The van der Waals surface area contributed by atoms with Gasteiger partial charge in [0.05, 0.1) is 6.61 Å². The van der Waals surface area contributed by atoms with Gasteiger partial charge in [0.15, 0.2) is 0 Å². The first-order chi connectivity index (χ1) is 5.88. The third kappa shape index (κ3) is 2.20. The van der Waals surface area contributed by atoms with Crippen LogP contribution in [0.4, 0.5) is 5.82 Å². The number of nitrogens with one attached hydrogen (secondary N) is 1. The number of rotatable bonds is 4. The Labute approximate surface area is 72.8 Å². The van der Waals surface area contributed by atoms with E-state index in [0.29, 0.717) is 6.61 Å². The van der Waals surface area contributed by atoms with E-state index in [1.165, 1.54) is 0 Å². The van der Waals surface area contributed by atoms with Crippen LogP contribution in [0.3, 0.4) is 0 Å². The molecule has 0 aliphatic rings. The number of methoxy groups -OCH3 is 1. The number of pyridine rings is 1. The van der Waals surface area contributed by atoms with Crippen molar-refractivity contribution in [3.05, 3.63) is 23.9 Å². The second-order valence-electron chi connectivity index (χ2n) is 2.47. The van der Waals surface area contributed by atoms with Gasteiger partial charge >= 0.3 is 0 Å². The van der Waals surface area contributed by atoms with Gasteiger partial charge < -0.3 is 10.1 Å². The molecular formula is C9H14N2O. The Hall–Kier alpha value is -1.09. The zero-order valence-corrected chi connectivity index (χ0v) is 7.50. The quantitative estimate of drug-likeness (QED) is 0.738. The number of aromatic nitrogens is 1. The van der Waals surface area contributed by atoms with Crippen molar-refractivity contribution in [2.24, 2.45) is 0 Å². The van der Waals surface area contributed by atoms with E-state index in [1.807, 2.05) is 19.1 Å². The van der Waals surface area contributed by atoms with Crippen molar-refractivity contribution in [1.82, 2.24) is 4.98 Å². The first-order valence-electron chi connectivity index (χ1n) is 4.05. The average molecular weight is 166 g/mol. The minimum absolute atomic E-state index is 0.607. The van der Waals surface area contributed by atoms with E-state index in [-0.39, 0.29) is 0 Å². The number of nitrogens with zero attached hydrogens (tertiary/aromatic N) is 1. The molecule has 0 unspecified atom stereocenters. The van der Waals surface area contributed by atoms with E-state index >= 15 is 0 Å². The van der Waals surface area contributed by atoms with E-state index in [1.54, 1.807) is 13.3 Å². The highest BCUT2D eigenvalue weighted by atomic mass is 16.5. The summed E-state index contributed by atoms with van der Waals surface area (Å²) in [6.45, 7) is 3.54. The van der Waals surface area contributed by atoms with Gasteiger partial charge in [0.2, 0.25) is 0 Å². The average Bonchev–Trinajstić information content (AvgIpc) is 2.09. The van der Waals surface area contributed by atoms with E-state index in [4.69, 9.17) is 4.74 Å². The van der Waals surface area contributed by atoms with Crippen LogP contribution in [0.1, 0.15) is 12.5 Å². The van der Waals surface area contributed by atoms with Crippen molar-refractivity contribution in [3.8, 4) is 0 Å². The Morgan fingerprint density at radius 3 is 3.08 bits per heavy atom. The molecule has 1 aromatic heterocycles. The SMILES string of the molecule is CCNc1ncccc1COC. The van der Waals surface area contributed by atoms with Crippen molar-refractivity contribution >= 4 is 5.82 Å². The van der Waals surface area contributed by atoms with Crippen molar-refractivity contribution in [1.29, 1.82) is 0 Å². The second kappa shape index (κ2) is 4.72. The second-order valence-corrected chi connectivity index (χ2v) is 2.47. The fourth-order valence-electron chi connectivity index (χ4n) is 1.04. The minimum atomic E-state index is 0.607. The largest absolute Gasteiger partial charge is 0.380 e. The molecule has 0 aromatic carbocycles. The summed E-state index contributed by atoms with van der Waals surface area (Å²) in [7, 11) is 1.68. The lowest BCUT2D eigenvalue weighted by Gasteiger charge is -2.07. The molecule has 1 heterocycles. The maximum atomic E-state index is 5.03. The lowest BCUT2D eigenvalue weighted by atomic mass is 10.2. The predicted octanol–water partition coefficient (Wildman–Crippen LogP) is 1.66. The Morgan fingerprint density at radius 1 is 1.58 bits per heavy atom. The van der Waals surface area contributed by atoms with Crippen molar-refractivity contribution < 1.29 is 4.74 Å². The summed E-state index contributed by atoms with van der Waals surface area (Å²) >= 11 is 0. The molecule has 3 nitrogen and oxygen atoms in total. The van der Waals surface area contributed by atoms with Gasteiger partial charge in [0, 0.05) is 25.4 Å². The molecule has 0 spiro atoms. The first-order valence-corrected chi connectivity index (χ1v) is 4.05.